The van der Waals surface area contributed by atoms with Gasteiger partial charge >= 0.3 is 0 Å². The Morgan fingerprint density at radius 2 is 2.11 bits per heavy atom. The first kappa shape index (κ1) is 11.7. The lowest BCUT2D eigenvalue weighted by atomic mass is 10.3. The second kappa shape index (κ2) is 4.72. The molecule has 98 valence electrons. The molecule has 6 nitrogen and oxygen atoms in total. The highest BCUT2D eigenvalue weighted by Crippen LogP contribution is 2.20. The molecule has 2 aromatic rings. The molecule has 1 saturated heterocycles. The van der Waals surface area contributed by atoms with Crippen LogP contribution < -0.4 is 10.5 Å². The molecule has 3 rings (SSSR count). The molecule has 0 aromatic carbocycles. The Kier molecular flexibility index (Phi) is 2.91. The number of anilines is 1. The SMILES string of the molecule is O=c1c(/C=N/O)c(N2CCCC2)nc2ccccn12. The number of oxime groups is 1. The Morgan fingerprint density at radius 1 is 1.32 bits per heavy atom. The lowest BCUT2D eigenvalue weighted by Gasteiger charge is -2.18. The summed E-state index contributed by atoms with van der Waals surface area (Å²) < 4.78 is 1.45. The standard InChI is InChI=1S/C13H14N4O2/c18-13-10(9-14-19)12(16-6-3-4-7-16)15-11-5-1-2-8-17(11)13/h1-2,5,8-9,19H,3-4,6-7H2/b14-9+. The van der Waals surface area contributed by atoms with E-state index in [1.165, 1.54) is 10.6 Å². The van der Waals surface area contributed by atoms with E-state index in [4.69, 9.17) is 5.21 Å². The van der Waals surface area contributed by atoms with E-state index in [1.54, 1.807) is 18.3 Å². The molecule has 0 radical (unpaired) electrons. The van der Waals surface area contributed by atoms with Gasteiger partial charge in [0.1, 0.15) is 17.0 Å². The van der Waals surface area contributed by atoms with Gasteiger partial charge in [0.05, 0.1) is 6.21 Å². The number of rotatable bonds is 2. The van der Waals surface area contributed by atoms with Crippen LogP contribution in [-0.2, 0) is 0 Å². The van der Waals surface area contributed by atoms with Crippen molar-refractivity contribution in [2.24, 2.45) is 5.16 Å². The van der Waals surface area contributed by atoms with Gasteiger partial charge in [0.25, 0.3) is 5.56 Å². The van der Waals surface area contributed by atoms with Crippen LogP contribution in [0.3, 0.4) is 0 Å². The fraction of sp³-hybridized carbons (Fsp3) is 0.308. The molecule has 0 atom stereocenters. The second-order valence-corrected chi connectivity index (χ2v) is 4.52. The van der Waals surface area contributed by atoms with Gasteiger partial charge in [-0.25, -0.2) is 4.98 Å². The molecule has 0 unspecified atom stereocenters. The van der Waals surface area contributed by atoms with Crippen LogP contribution in [0.1, 0.15) is 18.4 Å². The van der Waals surface area contributed by atoms with Gasteiger partial charge in [-0.15, -0.1) is 0 Å². The van der Waals surface area contributed by atoms with Crippen molar-refractivity contribution in [2.45, 2.75) is 12.8 Å². The Morgan fingerprint density at radius 3 is 2.84 bits per heavy atom. The molecule has 0 aliphatic carbocycles. The average Bonchev–Trinajstić information content (AvgIpc) is 2.96. The van der Waals surface area contributed by atoms with Gasteiger partial charge in [0, 0.05) is 19.3 Å². The maximum absolute atomic E-state index is 12.4. The summed E-state index contributed by atoms with van der Waals surface area (Å²) in [4.78, 5) is 19.0. The van der Waals surface area contributed by atoms with Crippen molar-refractivity contribution < 1.29 is 5.21 Å². The van der Waals surface area contributed by atoms with Crippen LogP contribution in [0.25, 0.3) is 5.65 Å². The molecular weight excluding hydrogens is 244 g/mol. The maximum Gasteiger partial charge on any atom is 0.268 e. The van der Waals surface area contributed by atoms with E-state index >= 15 is 0 Å². The number of hydrogen-bond acceptors (Lipinski definition) is 5. The van der Waals surface area contributed by atoms with E-state index in [-0.39, 0.29) is 5.56 Å². The highest BCUT2D eigenvalue weighted by molar-refractivity contribution is 5.86. The molecule has 0 saturated carbocycles. The van der Waals surface area contributed by atoms with Crippen molar-refractivity contribution in [1.82, 2.24) is 9.38 Å². The monoisotopic (exact) mass is 258 g/mol. The molecule has 6 heteroatoms. The molecule has 2 aromatic heterocycles. The highest BCUT2D eigenvalue weighted by atomic mass is 16.4. The number of aromatic nitrogens is 2. The lowest BCUT2D eigenvalue weighted by molar-refractivity contribution is 0.322. The van der Waals surface area contributed by atoms with Crippen LogP contribution in [0.15, 0.2) is 34.3 Å². The summed E-state index contributed by atoms with van der Waals surface area (Å²) in [6.07, 6.45) is 5.01. The first-order valence-corrected chi connectivity index (χ1v) is 6.25. The molecule has 1 fully saturated rings. The van der Waals surface area contributed by atoms with Crippen molar-refractivity contribution in [3.8, 4) is 0 Å². The zero-order valence-corrected chi connectivity index (χ0v) is 10.4. The van der Waals surface area contributed by atoms with Crippen molar-refractivity contribution in [3.05, 3.63) is 40.3 Å². The summed E-state index contributed by atoms with van der Waals surface area (Å²) in [5.74, 6) is 0.603. The first-order chi connectivity index (χ1) is 9.31. The molecule has 3 heterocycles. The third-order valence-electron chi connectivity index (χ3n) is 3.34. The van der Waals surface area contributed by atoms with Gasteiger partial charge < -0.3 is 10.1 Å². The lowest BCUT2D eigenvalue weighted by Crippen LogP contribution is -2.28. The quantitative estimate of drug-likeness (QED) is 0.497. The predicted octanol–water partition coefficient (Wildman–Crippen LogP) is 1.10. The molecule has 1 aliphatic heterocycles. The van der Waals surface area contributed by atoms with Gasteiger partial charge in [0.15, 0.2) is 0 Å². The normalized spacial score (nSPS) is 15.7. The fourth-order valence-corrected chi connectivity index (χ4v) is 2.43. The largest absolute Gasteiger partial charge is 0.411 e. The van der Waals surface area contributed by atoms with E-state index in [0.717, 1.165) is 25.9 Å². The summed E-state index contributed by atoms with van der Waals surface area (Å²) in [6, 6.07) is 5.40. The van der Waals surface area contributed by atoms with Crippen molar-refractivity contribution in [3.63, 3.8) is 0 Å². The Balaban J connectivity index is 2.29. The Bertz CT molecular complexity index is 687. The average molecular weight is 258 g/mol. The summed E-state index contributed by atoms with van der Waals surface area (Å²) in [6.45, 7) is 1.75. The van der Waals surface area contributed by atoms with Gasteiger partial charge in [-0.05, 0) is 25.0 Å². The third-order valence-corrected chi connectivity index (χ3v) is 3.34. The fourth-order valence-electron chi connectivity index (χ4n) is 2.43. The summed E-state index contributed by atoms with van der Waals surface area (Å²) in [7, 11) is 0. The number of nitrogens with zero attached hydrogens (tertiary/aromatic N) is 4. The van der Waals surface area contributed by atoms with Crippen LogP contribution in [0.4, 0.5) is 5.82 Å². The van der Waals surface area contributed by atoms with Crippen LogP contribution in [0.2, 0.25) is 0 Å². The predicted molar refractivity (Wildman–Crippen MR) is 72.3 cm³/mol. The second-order valence-electron chi connectivity index (χ2n) is 4.52. The van der Waals surface area contributed by atoms with Gasteiger partial charge in [-0.3, -0.25) is 9.20 Å². The first-order valence-electron chi connectivity index (χ1n) is 6.25. The Hall–Kier alpha value is -2.37. The highest BCUT2D eigenvalue weighted by Gasteiger charge is 2.20. The van der Waals surface area contributed by atoms with Crippen LogP contribution >= 0.6 is 0 Å². The number of pyridine rings is 1. The number of fused-ring (bicyclic) bond motifs is 1. The molecule has 19 heavy (non-hydrogen) atoms. The van der Waals surface area contributed by atoms with E-state index < -0.39 is 0 Å². The molecule has 0 amide bonds. The summed E-state index contributed by atoms with van der Waals surface area (Å²) in [5.41, 5.74) is 0.711. The minimum atomic E-state index is -0.217. The molecule has 0 spiro atoms. The third kappa shape index (κ3) is 1.95. The van der Waals surface area contributed by atoms with E-state index in [0.29, 0.717) is 17.0 Å². The van der Waals surface area contributed by atoms with Crippen molar-refractivity contribution in [1.29, 1.82) is 0 Å². The summed E-state index contributed by atoms with van der Waals surface area (Å²) >= 11 is 0. The maximum atomic E-state index is 12.4. The zero-order chi connectivity index (χ0) is 13.2. The van der Waals surface area contributed by atoms with Gasteiger partial charge in [0.2, 0.25) is 0 Å². The van der Waals surface area contributed by atoms with Crippen LogP contribution in [-0.4, -0.2) is 33.9 Å². The van der Waals surface area contributed by atoms with Gasteiger partial charge in [-0.1, -0.05) is 11.2 Å². The van der Waals surface area contributed by atoms with E-state index in [9.17, 15) is 4.79 Å². The summed E-state index contributed by atoms with van der Waals surface area (Å²) in [5, 5.41) is 11.8. The minimum absolute atomic E-state index is 0.217. The smallest absolute Gasteiger partial charge is 0.268 e. The van der Waals surface area contributed by atoms with Crippen LogP contribution in [0, 0.1) is 0 Å². The topological polar surface area (TPSA) is 70.2 Å². The number of hydrogen-bond donors (Lipinski definition) is 1. The van der Waals surface area contributed by atoms with Crippen molar-refractivity contribution >= 4 is 17.7 Å². The Labute approximate surface area is 109 Å². The van der Waals surface area contributed by atoms with Crippen molar-refractivity contribution in [2.75, 3.05) is 18.0 Å². The van der Waals surface area contributed by atoms with Crippen LogP contribution in [0.5, 0.6) is 0 Å². The molecule has 0 bridgehead atoms. The zero-order valence-electron chi connectivity index (χ0n) is 10.4. The van der Waals surface area contributed by atoms with E-state index in [2.05, 4.69) is 15.0 Å². The molecule has 1 N–H and O–H groups in total. The molecule has 1 aliphatic rings. The van der Waals surface area contributed by atoms with E-state index in [1.807, 2.05) is 6.07 Å². The van der Waals surface area contributed by atoms with Gasteiger partial charge in [-0.2, -0.15) is 0 Å². The molecular formula is C13H14N4O2. The minimum Gasteiger partial charge on any atom is -0.411 e.